The van der Waals surface area contributed by atoms with Crippen molar-refractivity contribution >= 4 is 52.2 Å². The molecule has 0 radical (unpaired) electrons. The first-order valence-electron chi connectivity index (χ1n) is 9.65. The number of hydrogen-bond donors (Lipinski definition) is 1. The van der Waals surface area contributed by atoms with Crippen LogP contribution in [0.5, 0.6) is 5.75 Å². The van der Waals surface area contributed by atoms with E-state index in [0.29, 0.717) is 17.4 Å². The predicted octanol–water partition coefficient (Wildman–Crippen LogP) is 5.76. The fourth-order valence-corrected chi connectivity index (χ4v) is 3.97. The van der Waals surface area contributed by atoms with Gasteiger partial charge in [0.05, 0.1) is 10.1 Å². The highest BCUT2D eigenvalue weighted by atomic mass is 127. The smallest absolute Gasteiger partial charge is 0.329 e. The number of urea groups is 1. The number of nitrogens with zero attached hydrogens (tertiary/aromatic N) is 1. The molecule has 1 aliphatic rings. The zero-order valence-corrected chi connectivity index (χ0v) is 19.6. The Morgan fingerprint density at radius 3 is 2.53 bits per heavy atom. The lowest BCUT2D eigenvalue weighted by atomic mass is 10.1. The van der Waals surface area contributed by atoms with E-state index >= 15 is 0 Å². The van der Waals surface area contributed by atoms with Gasteiger partial charge in [0, 0.05) is 10.6 Å². The van der Waals surface area contributed by atoms with Gasteiger partial charge in [-0.05, 0) is 70.1 Å². The Hall–Kier alpha value is -2.91. The molecule has 1 fully saturated rings. The van der Waals surface area contributed by atoms with Gasteiger partial charge in [0.1, 0.15) is 23.9 Å². The first-order chi connectivity index (χ1) is 15.4. The maximum atomic E-state index is 13.9. The maximum absolute atomic E-state index is 13.9. The van der Waals surface area contributed by atoms with E-state index in [-0.39, 0.29) is 17.8 Å². The average molecular weight is 563 g/mol. The van der Waals surface area contributed by atoms with Gasteiger partial charge in [0.15, 0.2) is 0 Å². The molecule has 4 rings (SSSR count). The number of ether oxygens (including phenoxy) is 1. The van der Waals surface area contributed by atoms with Crippen LogP contribution in [0.3, 0.4) is 0 Å². The van der Waals surface area contributed by atoms with E-state index in [4.69, 9.17) is 16.3 Å². The van der Waals surface area contributed by atoms with Crippen molar-refractivity contribution in [3.63, 3.8) is 0 Å². The summed E-state index contributed by atoms with van der Waals surface area (Å²) >= 11 is 8.05. The molecule has 5 nitrogen and oxygen atoms in total. The molecule has 3 aromatic carbocycles. The zero-order valence-electron chi connectivity index (χ0n) is 16.6. The lowest BCUT2D eigenvalue weighted by Gasteiger charge is -2.12. The monoisotopic (exact) mass is 562 g/mol. The quantitative estimate of drug-likeness (QED) is 0.236. The molecule has 1 saturated heterocycles. The number of halogens is 3. The van der Waals surface area contributed by atoms with Crippen LogP contribution in [0.25, 0.3) is 6.08 Å². The molecular weight excluding hydrogens is 546 g/mol. The highest BCUT2D eigenvalue weighted by molar-refractivity contribution is 14.1. The van der Waals surface area contributed by atoms with E-state index in [1.807, 2.05) is 36.4 Å². The second kappa shape index (κ2) is 9.70. The van der Waals surface area contributed by atoms with Crippen molar-refractivity contribution in [2.45, 2.75) is 13.2 Å². The average Bonchev–Trinajstić information content (AvgIpc) is 3.03. The fraction of sp³-hybridized carbons (Fsp3) is 0.0833. The van der Waals surface area contributed by atoms with Gasteiger partial charge in [0.25, 0.3) is 5.91 Å². The lowest BCUT2D eigenvalue weighted by Crippen LogP contribution is -2.30. The number of hydrogen-bond acceptors (Lipinski definition) is 3. The summed E-state index contributed by atoms with van der Waals surface area (Å²) < 4.78 is 20.6. The highest BCUT2D eigenvalue weighted by Crippen LogP contribution is 2.25. The van der Waals surface area contributed by atoms with Gasteiger partial charge in [-0.2, -0.15) is 0 Å². The van der Waals surface area contributed by atoms with Crippen molar-refractivity contribution in [1.82, 2.24) is 10.2 Å². The second-order valence-corrected chi connectivity index (χ2v) is 8.67. The van der Waals surface area contributed by atoms with Crippen molar-refractivity contribution in [2.24, 2.45) is 0 Å². The van der Waals surface area contributed by atoms with Gasteiger partial charge in [-0.15, -0.1) is 0 Å². The summed E-state index contributed by atoms with van der Waals surface area (Å²) in [5.74, 6) is -0.267. The topological polar surface area (TPSA) is 58.6 Å². The zero-order chi connectivity index (χ0) is 22.7. The molecule has 0 aromatic heterocycles. The maximum Gasteiger partial charge on any atom is 0.329 e. The Kier molecular flexibility index (Phi) is 6.76. The summed E-state index contributed by atoms with van der Waals surface area (Å²) in [6.45, 7) is 0.261. The van der Waals surface area contributed by atoms with Gasteiger partial charge < -0.3 is 10.1 Å². The molecule has 0 atom stereocenters. The van der Waals surface area contributed by atoms with Crippen molar-refractivity contribution < 1.29 is 18.7 Å². The molecule has 162 valence electrons. The van der Waals surface area contributed by atoms with E-state index in [2.05, 4.69) is 27.9 Å². The normalized spacial score (nSPS) is 14.7. The minimum absolute atomic E-state index is 0.135. The summed E-state index contributed by atoms with van der Waals surface area (Å²) in [5.41, 5.74) is 2.13. The van der Waals surface area contributed by atoms with E-state index < -0.39 is 17.8 Å². The van der Waals surface area contributed by atoms with Crippen LogP contribution < -0.4 is 10.1 Å². The Labute approximate surface area is 203 Å². The Morgan fingerprint density at radius 2 is 1.81 bits per heavy atom. The van der Waals surface area contributed by atoms with Crippen LogP contribution >= 0.6 is 34.2 Å². The van der Waals surface area contributed by atoms with Gasteiger partial charge in [-0.25, -0.2) is 9.18 Å². The van der Waals surface area contributed by atoms with Crippen molar-refractivity contribution in [1.29, 1.82) is 0 Å². The minimum atomic E-state index is -0.581. The molecular formula is C24H17ClFIN2O3. The van der Waals surface area contributed by atoms with E-state index in [1.165, 1.54) is 6.07 Å². The second-order valence-electron chi connectivity index (χ2n) is 7.08. The molecule has 32 heavy (non-hydrogen) atoms. The molecule has 1 N–H and O–H groups in total. The van der Waals surface area contributed by atoms with E-state index in [9.17, 15) is 14.0 Å². The van der Waals surface area contributed by atoms with Crippen molar-refractivity contribution in [3.05, 3.63) is 104 Å². The summed E-state index contributed by atoms with van der Waals surface area (Å²) in [4.78, 5) is 25.9. The number of carbonyl (C=O) groups excluding carboxylic acids is 2. The third-order valence-corrected chi connectivity index (χ3v) is 5.92. The first-order valence-corrected chi connectivity index (χ1v) is 11.1. The minimum Gasteiger partial charge on any atom is -0.488 e. The van der Waals surface area contributed by atoms with Gasteiger partial charge in [0.2, 0.25) is 0 Å². The van der Waals surface area contributed by atoms with Crippen LogP contribution in [0.15, 0.2) is 72.4 Å². The summed E-state index contributed by atoms with van der Waals surface area (Å²) in [6, 6.07) is 18.3. The molecule has 1 aliphatic heterocycles. The van der Waals surface area contributed by atoms with Crippen molar-refractivity contribution in [2.75, 3.05) is 0 Å². The summed E-state index contributed by atoms with van der Waals surface area (Å²) in [6.07, 6.45) is 1.59. The molecule has 0 spiro atoms. The molecule has 1 heterocycles. The number of amides is 3. The number of imide groups is 1. The standard InChI is InChI=1S/C24H17ClFIN2O3/c25-18-8-5-15(6-9-18)14-32-22-10-7-16(11-20(22)27)12-21-23(30)29(24(31)28-21)13-17-3-1-2-4-19(17)26/h1-12H,13-14H2,(H,28,31)/b21-12+. The Bertz CT molecular complexity index is 1210. The molecule has 0 aliphatic carbocycles. The molecule has 3 amide bonds. The van der Waals surface area contributed by atoms with Crippen LogP contribution in [0.1, 0.15) is 16.7 Å². The Morgan fingerprint density at radius 1 is 1.06 bits per heavy atom. The number of rotatable bonds is 6. The van der Waals surface area contributed by atoms with Crippen LogP contribution in [-0.2, 0) is 17.9 Å². The number of carbonyl (C=O) groups is 2. The van der Waals surface area contributed by atoms with Crippen LogP contribution in [0.4, 0.5) is 9.18 Å². The largest absolute Gasteiger partial charge is 0.488 e. The van der Waals surface area contributed by atoms with Gasteiger partial charge >= 0.3 is 6.03 Å². The molecule has 8 heteroatoms. The van der Waals surface area contributed by atoms with Crippen LogP contribution in [-0.4, -0.2) is 16.8 Å². The van der Waals surface area contributed by atoms with Gasteiger partial charge in [-0.3, -0.25) is 9.69 Å². The molecule has 0 saturated carbocycles. The third-order valence-electron chi connectivity index (χ3n) is 4.82. The van der Waals surface area contributed by atoms with Gasteiger partial charge in [-0.1, -0.05) is 48.0 Å². The Balaban J connectivity index is 1.45. The highest BCUT2D eigenvalue weighted by Gasteiger charge is 2.34. The predicted molar refractivity (Wildman–Crippen MR) is 128 cm³/mol. The number of benzene rings is 3. The SMILES string of the molecule is O=C1N/C(=C/c2ccc(OCc3ccc(Cl)cc3)c(I)c2)C(=O)N1Cc1ccccc1F. The van der Waals surface area contributed by atoms with Crippen LogP contribution in [0.2, 0.25) is 5.02 Å². The van der Waals surface area contributed by atoms with E-state index in [0.717, 1.165) is 19.6 Å². The molecule has 0 unspecified atom stereocenters. The first kappa shape index (κ1) is 22.3. The molecule has 3 aromatic rings. The van der Waals surface area contributed by atoms with E-state index in [1.54, 1.807) is 30.3 Å². The van der Waals surface area contributed by atoms with Crippen LogP contribution in [0, 0.1) is 9.39 Å². The summed E-state index contributed by atoms with van der Waals surface area (Å²) in [5, 5.41) is 3.23. The summed E-state index contributed by atoms with van der Waals surface area (Å²) in [7, 11) is 0. The lowest BCUT2D eigenvalue weighted by molar-refractivity contribution is -0.123. The third kappa shape index (κ3) is 5.11. The molecule has 0 bridgehead atoms. The van der Waals surface area contributed by atoms with Crippen molar-refractivity contribution in [3.8, 4) is 5.75 Å². The fourth-order valence-electron chi connectivity index (χ4n) is 3.14. The number of nitrogens with one attached hydrogen (secondary N) is 1.